The van der Waals surface area contributed by atoms with Crippen molar-refractivity contribution in [3.63, 3.8) is 0 Å². The molecule has 1 heterocycles. The summed E-state index contributed by atoms with van der Waals surface area (Å²) in [5.74, 6) is -1.39. The first-order valence-electron chi connectivity index (χ1n) is 8.95. The summed E-state index contributed by atoms with van der Waals surface area (Å²) in [6, 6.07) is 13.7. The van der Waals surface area contributed by atoms with Gasteiger partial charge in [0.1, 0.15) is 0 Å². The lowest BCUT2D eigenvalue weighted by molar-refractivity contribution is -0.0584. The minimum atomic E-state index is -0.713. The summed E-state index contributed by atoms with van der Waals surface area (Å²) >= 11 is 0. The van der Waals surface area contributed by atoms with Crippen LogP contribution in [-0.2, 0) is 4.84 Å². The Hall–Kier alpha value is -2.95. The zero-order chi connectivity index (χ0) is 18.1. The molecule has 2 aromatic rings. The number of carbonyl (C=O) groups excluding carboxylic acids is 3. The fraction of sp³-hybridized carbons (Fsp3) is 0.286. The smallest absolute Gasteiger partial charge is 0.324 e. The number of fused-ring (bicyclic) bond motifs is 1. The van der Waals surface area contributed by atoms with E-state index in [0.29, 0.717) is 16.5 Å². The van der Waals surface area contributed by atoms with Gasteiger partial charge in [0.05, 0.1) is 16.7 Å². The van der Waals surface area contributed by atoms with Gasteiger partial charge < -0.3 is 4.84 Å². The SMILES string of the molecule is O=C(ON1C(=O)c2ccccc2C1=O)c1ccc(C2CCCCC2)cc1. The van der Waals surface area contributed by atoms with Crippen LogP contribution in [0.25, 0.3) is 0 Å². The molecular weight excluding hydrogens is 330 g/mol. The molecule has 0 spiro atoms. The lowest BCUT2D eigenvalue weighted by Gasteiger charge is -2.22. The van der Waals surface area contributed by atoms with Crippen molar-refractivity contribution in [1.29, 1.82) is 0 Å². The Balaban J connectivity index is 1.47. The number of hydrogen-bond acceptors (Lipinski definition) is 4. The molecule has 0 radical (unpaired) electrons. The van der Waals surface area contributed by atoms with Crippen LogP contribution >= 0.6 is 0 Å². The van der Waals surface area contributed by atoms with E-state index in [0.717, 1.165) is 0 Å². The van der Waals surface area contributed by atoms with Gasteiger partial charge in [0, 0.05) is 0 Å². The average Bonchev–Trinajstić information content (AvgIpc) is 2.94. The molecule has 0 bridgehead atoms. The van der Waals surface area contributed by atoms with Crippen LogP contribution < -0.4 is 0 Å². The first-order chi connectivity index (χ1) is 12.6. The number of hydrogen-bond donors (Lipinski definition) is 0. The first kappa shape index (κ1) is 16.5. The van der Waals surface area contributed by atoms with E-state index >= 15 is 0 Å². The Morgan fingerprint density at radius 3 is 2.00 bits per heavy atom. The van der Waals surface area contributed by atoms with E-state index in [9.17, 15) is 14.4 Å². The molecule has 0 N–H and O–H groups in total. The largest absolute Gasteiger partial charge is 0.363 e. The Morgan fingerprint density at radius 2 is 1.42 bits per heavy atom. The van der Waals surface area contributed by atoms with Crippen LogP contribution in [0, 0.1) is 0 Å². The summed E-state index contributed by atoms with van der Waals surface area (Å²) in [6.45, 7) is 0. The number of imide groups is 1. The Bertz CT molecular complexity index is 831. The topological polar surface area (TPSA) is 63.7 Å². The molecule has 0 aromatic heterocycles. The molecule has 1 saturated carbocycles. The molecule has 2 aliphatic rings. The lowest BCUT2D eigenvalue weighted by Crippen LogP contribution is -2.32. The van der Waals surface area contributed by atoms with Crippen LogP contribution in [0.15, 0.2) is 48.5 Å². The third-order valence-corrected chi connectivity index (χ3v) is 5.15. The highest BCUT2D eigenvalue weighted by atomic mass is 16.7. The van der Waals surface area contributed by atoms with Crippen molar-refractivity contribution >= 4 is 17.8 Å². The lowest BCUT2D eigenvalue weighted by atomic mass is 9.84. The van der Waals surface area contributed by atoms with Crippen molar-refractivity contribution in [3.05, 3.63) is 70.8 Å². The molecule has 2 amide bonds. The molecule has 0 saturated heterocycles. The van der Waals surface area contributed by atoms with Crippen LogP contribution in [0.5, 0.6) is 0 Å². The molecule has 5 heteroatoms. The molecule has 132 valence electrons. The van der Waals surface area contributed by atoms with Crippen molar-refractivity contribution in [2.45, 2.75) is 38.0 Å². The van der Waals surface area contributed by atoms with Gasteiger partial charge in [0.15, 0.2) is 0 Å². The third kappa shape index (κ3) is 2.90. The van der Waals surface area contributed by atoms with Crippen molar-refractivity contribution < 1.29 is 19.2 Å². The Morgan fingerprint density at radius 1 is 0.846 bits per heavy atom. The predicted molar refractivity (Wildman–Crippen MR) is 94.6 cm³/mol. The molecule has 5 nitrogen and oxygen atoms in total. The van der Waals surface area contributed by atoms with Gasteiger partial charge in [0.25, 0.3) is 11.8 Å². The zero-order valence-corrected chi connectivity index (χ0v) is 14.3. The minimum absolute atomic E-state index is 0.248. The summed E-state index contributed by atoms with van der Waals surface area (Å²) in [5, 5.41) is 0.544. The first-order valence-corrected chi connectivity index (χ1v) is 8.95. The summed E-state index contributed by atoms with van der Waals surface area (Å²) < 4.78 is 0. The maximum Gasteiger partial charge on any atom is 0.363 e. The summed E-state index contributed by atoms with van der Waals surface area (Å²) in [5.41, 5.74) is 2.04. The number of hydroxylamine groups is 2. The average molecular weight is 349 g/mol. The van der Waals surface area contributed by atoms with Gasteiger partial charge in [-0.1, -0.05) is 48.6 Å². The number of rotatable bonds is 3. The zero-order valence-electron chi connectivity index (χ0n) is 14.3. The van der Waals surface area contributed by atoms with Gasteiger partial charge in [-0.15, -0.1) is 0 Å². The maximum absolute atomic E-state index is 12.4. The van der Waals surface area contributed by atoms with Gasteiger partial charge in [0.2, 0.25) is 0 Å². The van der Waals surface area contributed by atoms with Crippen molar-refractivity contribution in [2.24, 2.45) is 0 Å². The minimum Gasteiger partial charge on any atom is -0.324 e. The van der Waals surface area contributed by atoms with E-state index in [1.54, 1.807) is 36.4 Å². The number of carbonyl (C=O) groups is 3. The molecule has 1 fully saturated rings. The Kier molecular flexibility index (Phi) is 4.29. The van der Waals surface area contributed by atoms with Crippen molar-refractivity contribution in [2.75, 3.05) is 0 Å². The van der Waals surface area contributed by atoms with Crippen LogP contribution in [0.4, 0.5) is 0 Å². The Labute approximate surface area is 151 Å². The monoisotopic (exact) mass is 349 g/mol. The van der Waals surface area contributed by atoms with Gasteiger partial charge in [-0.3, -0.25) is 9.59 Å². The van der Waals surface area contributed by atoms with Crippen molar-refractivity contribution in [3.8, 4) is 0 Å². The van der Waals surface area contributed by atoms with E-state index < -0.39 is 17.8 Å². The molecule has 0 unspecified atom stereocenters. The van der Waals surface area contributed by atoms with Crippen LogP contribution in [0.1, 0.15) is 74.7 Å². The molecule has 26 heavy (non-hydrogen) atoms. The summed E-state index contributed by atoms with van der Waals surface area (Å²) in [7, 11) is 0. The molecule has 2 aromatic carbocycles. The van der Waals surface area contributed by atoms with E-state index in [2.05, 4.69) is 0 Å². The number of nitrogens with zero attached hydrogens (tertiary/aromatic N) is 1. The van der Waals surface area contributed by atoms with E-state index in [4.69, 9.17) is 4.84 Å². The molecule has 1 aliphatic carbocycles. The third-order valence-electron chi connectivity index (χ3n) is 5.15. The fourth-order valence-electron chi connectivity index (χ4n) is 3.71. The van der Waals surface area contributed by atoms with Crippen LogP contribution in [0.2, 0.25) is 0 Å². The molecule has 4 rings (SSSR count). The van der Waals surface area contributed by atoms with Crippen molar-refractivity contribution in [1.82, 2.24) is 5.06 Å². The quantitative estimate of drug-likeness (QED) is 0.783. The standard InChI is InChI=1S/C21H19NO4/c23-19-17-8-4-5-9-18(17)20(24)22(19)26-21(25)16-12-10-15(11-13-16)14-6-2-1-3-7-14/h4-5,8-14H,1-3,6-7H2. The maximum atomic E-state index is 12.4. The second-order valence-corrected chi connectivity index (χ2v) is 6.79. The van der Waals surface area contributed by atoms with E-state index in [-0.39, 0.29) is 11.1 Å². The summed E-state index contributed by atoms with van der Waals surface area (Å²) in [6.07, 6.45) is 6.14. The highest BCUT2D eigenvalue weighted by Gasteiger charge is 2.38. The van der Waals surface area contributed by atoms with Gasteiger partial charge >= 0.3 is 5.97 Å². The second-order valence-electron chi connectivity index (χ2n) is 6.79. The molecule has 1 aliphatic heterocycles. The highest BCUT2D eigenvalue weighted by molar-refractivity contribution is 6.21. The number of amides is 2. The van der Waals surface area contributed by atoms with E-state index in [1.165, 1.54) is 37.7 Å². The van der Waals surface area contributed by atoms with Crippen LogP contribution in [0.3, 0.4) is 0 Å². The normalized spacial score (nSPS) is 17.3. The number of benzene rings is 2. The molecule has 0 atom stereocenters. The van der Waals surface area contributed by atoms with Crippen LogP contribution in [-0.4, -0.2) is 22.8 Å². The highest BCUT2D eigenvalue weighted by Crippen LogP contribution is 2.32. The predicted octanol–water partition coefficient (Wildman–Crippen LogP) is 4.10. The molecular formula is C21H19NO4. The fourth-order valence-corrected chi connectivity index (χ4v) is 3.71. The van der Waals surface area contributed by atoms with Gasteiger partial charge in [-0.05, 0) is 48.6 Å². The second kappa shape index (κ2) is 6.75. The van der Waals surface area contributed by atoms with E-state index in [1.807, 2.05) is 12.1 Å². The van der Waals surface area contributed by atoms with Gasteiger partial charge in [-0.25, -0.2) is 4.79 Å². The summed E-state index contributed by atoms with van der Waals surface area (Å²) in [4.78, 5) is 42.0. The van der Waals surface area contributed by atoms with Gasteiger partial charge in [-0.2, -0.15) is 0 Å².